The van der Waals surface area contributed by atoms with E-state index in [1.54, 1.807) is 6.92 Å². The molecule has 0 aliphatic heterocycles. The number of pyridine rings is 2. The van der Waals surface area contributed by atoms with E-state index in [4.69, 9.17) is 4.98 Å². The Kier molecular flexibility index (Phi) is 4.06. The molecule has 3 aromatic carbocycles. The first-order valence-electron chi connectivity index (χ1n) is 10.5. The number of aliphatic hydroxyl groups is 1. The molecule has 0 aliphatic rings. The summed E-state index contributed by atoms with van der Waals surface area (Å²) < 4.78 is 1.83. The van der Waals surface area contributed by atoms with Gasteiger partial charge in [0.25, 0.3) is 0 Å². The van der Waals surface area contributed by atoms with Crippen LogP contribution in [-0.2, 0) is 5.60 Å². The molecular weight excluding hydrogens is 396 g/mol. The molecule has 1 N–H and O–H groups in total. The van der Waals surface area contributed by atoms with Crippen LogP contribution in [0, 0.1) is 0 Å². The summed E-state index contributed by atoms with van der Waals surface area (Å²) >= 11 is 0. The van der Waals surface area contributed by atoms with Crippen molar-refractivity contribution in [3.63, 3.8) is 0 Å². The van der Waals surface area contributed by atoms with Crippen LogP contribution in [-0.4, -0.2) is 24.9 Å². The van der Waals surface area contributed by atoms with E-state index in [1.165, 1.54) is 0 Å². The van der Waals surface area contributed by atoms with Gasteiger partial charge in [0.05, 0.1) is 22.4 Å². The van der Waals surface area contributed by atoms with Crippen molar-refractivity contribution in [3.05, 3.63) is 108 Å². The number of para-hydroxylation sites is 1. The second-order valence-electron chi connectivity index (χ2n) is 8.17. The second-order valence-corrected chi connectivity index (χ2v) is 8.17. The molecule has 5 heteroatoms. The van der Waals surface area contributed by atoms with Gasteiger partial charge in [-0.05, 0) is 53.6 Å². The summed E-state index contributed by atoms with van der Waals surface area (Å²) in [7, 11) is 0. The molecule has 6 aromatic rings. The third-order valence-electron chi connectivity index (χ3n) is 6.09. The van der Waals surface area contributed by atoms with Gasteiger partial charge in [0.2, 0.25) is 0 Å². The van der Waals surface area contributed by atoms with Gasteiger partial charge < -0.3 is 5.11 Å². The highest BCUT2D eigenvalue weighted by atomic mass is 16.3. The van der Waals surface area contributed by atoms with Crippen molar-refractivity contribution >= 4 is 27.2 Å². The van der Waals surface area contributed by atoms with Crippen LogP contribution < -0.4 is 0 Å². The maximum atomic E-state index is 11.5. The molecule has 0 fully saturated rings. The minimum atomic E-state index is -1.25. The smallest absolute Gasteiger partial charge is 0.139 e. The third kappa shape index (κ3) is 2.87. The largest absolute Gasteiger partial charge is 0.379 e. The Balaban J connectivity index is 1.47. The van der Waals surface area contributed by atoms with Crippen molar-refractivity contribution in [3.8, 4) is 11.4 Å². The SMILES string of the molecule is CC(O)(c1ccc2ccccc2c1)c1cccc(-c2nnn3c2ccc2ccccc23)n1. The summed E-state index contributed by atoms with van der Waals surface area (Å²) in [6, 6.07) is 31.9. The lowest BCUT2D eigenvalue weighted by Gasteiger charge is -2.24. The number of benzene rings is 3. The van der Waals surface area contributed by atoms with Crippen LogP contribution in [0.15, 0.2) is 97.1 Å². The highest BCUT2D eigenvalue weighted by molar-refractivity contribution is 5.86. The summed E-state index contributed by atoms with van der Waals surface area (Å²) in [5.74, 6) is 0. The molecule has 3 heterocycles. The van der Waals surface area contributed by atoms with E-state index in [0.29, 0.717) is 17.1 Å². The first-order chi connectivity index (χ1) is 15.6. The predicted octanol–water partition coefficient (Wildman–Crippen LogP) is 5.35. The van der Waals surface area contributed by atoms with Gasteiger partial charge in [-0.3, -0.25) is 0 Å². The Labute approximate surface area is 184 Å². The summed E-state index contributed by atoms with van der Waals surface area (Å²) in [6.07, 6.45) is 0. The number of nitrogens with zero attached hydrogens (tertiary/aromatic N) is 4. The van der Waals surface area contributed by atoms with E-state index >= 15 is 0 Å². The van der Waals surface area contributed by atoms with Crippen LogP contribution in [0.2, 0.25) is 0 Å². The number of aromatic nitrogens is 4. The molecule has 0 aliphatic carbocycles. The highest BCUT2D eigenvalue weighted by Crippen LogP contribution is 2.32. The summed E-state index contributed by atoms with van der Waals surface area (Å²) in [5.41, 5.74) is 3.32. The van der Waals surface area contributed by atoms with Gasteiger partial charge in [0.1, 0.15) is 11.3 Å². The lowest BCUT2D eigenvalue weighted by molar-refractivity contribution is 0.0977. The zero-order valence-electron chi connectivity index (χ0n) is 17.5. The first kappa shape index (κ1) is 18.7. The molecule has 0 saturated carbocycles. The zero-order valence-corrected chi connectivity index (χ0v) is 17.5. The monoisotopic (exact) mass is 416 g/mol. The van der Waals surface area contributed by atoms with Gasteiger partial charge in [0.15, 0.2) is 0 Å². The van der Waals surface area contributed by atoms with Crippen LogP contribution in [0.3, 0.4) is 0 Å². The molecule has 154 valence electrons. The van der Waals surface area contributed by atoms with Gasteiger partial charge in [-0.25, -0.2) is 9.50 Å². The average molecular weight is 416 g/mol. The minimum Gasteiger partial charge on any atom is -0.379 e. The molecule has 0 spiro atoms. The first-order valence-corrected chi connectivity index (χ1v) is 10.5. The Hall–Kier alpha value is -4.09. The van der Waals surface area contributed by atoms with Gasteiger partial charge in [0, 0.05) is 5.39 Å². The zero-order chi connectivity index (χ0) is 21.7. The lowest BCUT2D eigenvalue weighted by Crippen LogP contribution is -2.24. The standard InChI is InChI=1S/C27H20N4O/c1-27(32,21-15-13-18-7-2-3-9-20(18)17-21)25-12-6-10-22(28-25)26-24-16-14-19-8-4-5-11-23(19)31(24)30-29-26/h2-17,32H,1H3. The highest BCUT2D eigenvalue weighted by Gasteiger charge is 2.28. The number of hydrogen-bond donors (Lipinski definition) is 1. The maximum absolute atomic E-state index is 11.5. The molecule has 0 radical (unpaired) electrons. The maximum Gasteiger partial charge on any atom is 0.139 e. The Bertz CT molecular complexity index is 1620. The van der Waals surface area contributed by atoms with E-state index in [2.05, 4.69) is 28.5 Å². The molecule has 1 atom stereocenters. The van der Waals surface area contributed by atoms with Crippen molar-refractivity contribution in [1.82, 2.24) is 19.8 Å². The van der Waals surface area contributed by atoms with Crippen molar-refractivity contribution in [2.45, 2.75) is 12.5 Å². The molecule has 0 saturated heterocycles. The number of fused-ring (bicyclic) bond motifs is 4. The summed E-state index contributed by atoms with van der Waals surface area (Å²) in [5, 5.41) is 23.6. The van der Waals surface area contributed by atoms with Crippen molar-refractivity contribution in [1.29, 1.82) is 0 Å². The predicted molar refractivity (Wildman–Crippen MR) is 126 cm³/mol. The molecular formula is C27H20N4O. The van der Waals surface area contributed by atoms with Gasteiger partial charge >= 0.3 is 0 Å². The molecule has 1 unspecified atom stereocenters. The normalized spacial score (nSPS) is 13.6. The van der Waals surface area contributed by atoms with Gasteiger partial charge in [-0.1, -0.05) is 71.9 Å². The Morgan fingerprint density at radius 3 is 2.34 bits per heavy atom. The van der Waals surface area contributed by atoms with Gasteiger partial charge in [-0.2, -0.15) is 0 Å². The van der Waals surface area contributed by atoms with Crippen LogP contribution in [0.4, 0.5) is 0 Å². The van der Waals surface area contributed by atoms with Crippen molar-refractivity contribution in [2.24, 2.45) is 0 Å². The van der Waals surface area contributed by atoms with Crippen molar-refractivity contribution < 1.29 is 5.11 Å². The number of hydrogen-bond acceptors (Lipinski definition) is 4. The summed E-state index contributed by atoms with van der Waals surface area (Å²) in [4.78, 5) is 4.81. The van der Waals surface area contributed by atoms with E-state index in [-0.39, 0.29) is 0 Å². The van der Waals surface area contributed by atoms with Gasteiger partial charge in [-0.15, -0.1) is 5.10 Å². The minimum absolute atomic E-state index is 0.562. The molecule has 0 bridgehead atoms. The molecule has 0 amide bonds. The van der Waals surface area contributed by atoms with Crippen LogP contribution in [0.1, 0.15) is 18.2 Å². The fourth-order valence-electron chi connectivity index (χ4n) is 4.27. The second kappa shape index (κ2) is 6.97. The van der Waals surface area contributed by atoms with Crippen LogP contribution in [0.5, 0.6) is 0 Å². The van der Waals surface area contributed by atoms with E-state index in [9.17, 15) is 5.11 Å². The molecule has 5 nitrogen and oxygen atoms in total. The third-order valence-corrected chi connectivity index (χ3v) is 6.09. The molecule has 6 rings (SSSR count). The van der Waals surface area contributed by atoms with Crippen molar-refractivity contribution in [2.75, 3.05) is 0 Å². The summed E-state index contributed by atoms with van der Waals surface area (Å²) in [6.45, 7) is 1.78. The quantitative estimate of drug-likeness (QED) is 0.422. The van der Waals surface area contributed by atoms with Crippen LogP contribution >= 0.6 is 0 Å². The molecule has 32 heavy (non-hydrogen) atoms. The Morgan fingerprint density at radius 2 is 1.47 bits per heavy atom. The lowest BCUT2D eigenvalue weighted by atomic mass is 9.90. The van der Waals surface area contributed by atoms with E-state index in [0.717, 1.165) is 32.8 Å². The fourth-order valence-corrected chi connectivity index (χ4v) is 4.27. The topological polar surface area (TPSA) is 63.3 Å². The molecule has 3 aromatic heterocycles. The fraction of sp³-hybridized carbons (Fsp3) is 0.0741. The Morgan fingerprint density at radius 1 is 0.719 bits per heavy atom. The van der Waals surface area contributed by atoms with E-state index < -0.39 is 5.60 Å². The number of rotatable bonds is 3. The average Bonchev–Trinajstić information content (AvgIpc) is 3.28. The van der Waals surface area contributed by atoms with E-state index in [1.807, 2.05) is 83.4 Å². The van der Waals surface area contributed by atoms with Crippen LogP contribution in [0.25, 0.3) is 38.6 Å².